The molecule has 0 spiro atoms. The summed E-state index contributed by atoms with van der Waals surface area (Å²) >= 11 is 0. The summed E-state index contributed by atoms with van der Waals surface area (Å²) in [5.41, 5.74) is 0.391. The van der Waals surface area contributed by atoms with E-state index in [2.05, 4.69) is 41.4 Å². The third-order valence-corrected chi connectivity index (χ3v) is 4.17. The lowest BCUT2D eigenvalue weighted by Gasteiger charge is -2.33. The zero-order chi connectivity index (χ0) is 15.2. The van der Waals surface area contributed by atoms with Crippen LogP contribution in [0.1, 0.15) is 56.9 Å². The molecule has 21 heavy (non-hydrogen) atoms. The van der Waals surface area contributed by atoms with Gasteiger partial charge in [-0.1, -0.05) is 20.8 Å². The number of nitrogens with one attached hydrogen (secondary N) is 2. The van der Waals surface area contributed by atoms with E-state index < -0.39 is 0 Å². The summed E-state index contributed by atoms with van der Waals surface area (Å²) in [6.07, 6.45) is 7.60. The van der Waals surface area contributed by atoms with Crippen LogP contribution in [0.15, 0.2) is 12.4 Å². The van der Waals surface area contributed by atoms with Crippen molar-refractivity contribution in [3.63, 3.8) is 0 Å². The number of hydrogen-bond donors (Lipinski definition) is 2. The van der Waals surface area contributed by atoms with Gasteiger partial charge in [0.05, 0.1) is 12.4 Å². The maximum Gasteiger partial charge on any atom is 0.271 e. The second-order valence-corrected chi connectivity index (χ2v) is 6.19. The van der Waals surface area contributed by atoms with Crippen molar-refractivity contribution in [1.82, 2.24) is 15.3 Å². The fourth-order valence-corrected chi connectivity index (χ4v) is 2.94. The van der Waals surface area contributed by atoms with E-state index in [-0.39, 0.29) is 11.9 Å². The molecule has 1 aliphatic rings. The number of rotatable bonds is 5. The summed E-state index contributed by atoms with van der Waals surface area (Å²) < 4.78 is 0. The average molecular weight is 290 g/mol. The van der Waals surface area contributed by atoms with Crippen LogP contribution in [0, 0.1) is 11.8 Å². The first kappa shape index (κ1) is 15.7. The van der Waals surface area contributed by atoms with E-state index in [1.54, 1.807) is 6.20 Å². The van der Waals surface area contributed by atoms with Crippen LogP contribution in [0.2, 0.25) is 0 Å². The predicted octanol–water partition coefficient (Wildman–Crippen LogP) is 2.85. The van der Waals surface area contributed by atoms with Crippen molar-refractivity contribution < 1.29 is 4.79 Å². The fourth-order valence-electron chi connectivity index (χ4n) is 2.94. The number of carbonyl (C=O) groups is 1. The lowest BCUT2D eigenvalue weighted by atomic mass is 9.80. The lowest BCUT2D eigenvalue weighted by molar-refractivity contribution is 0.0894. The van der Waals surface area contributed by atoms with Gasteiger partial charge in [-0.25, -0.2) is 4.98 Å². The first-order chi connectivity index (χ1) is 10.1. The number of aromatic nitrogens is 2. The molecule has 3 unspecified atom stereocenters. The molecule has 5 heteroatoms. The molecule has 5 nitrogen and oxygen atoms in total. The van der Waals surface area contributed by atoms with Gasteiger partial charge in [0, 0.05) is 12.6 Å². The molecule has 1 amide bonds. The van der Waals surface area contributed by atoms with Crippen molar-refractivity contribution in [3.8, 4) is 0 Å². The first-order valence-electron chi connectivity index (χ1n) is 7.97. The van der Waals surface area contributed by atoms with Crippen LogP contribution in [0.25, 0.3) is 0 Å². The molecule has 1 aromatic rings. The molecular formula is C16H26N4O. The van der Waals surface area contributed by atoms with E-state index in [4.69, 9.17) is 0 Å². The number of nitrogens with zero attached hydrogens (tertiary/aromatic N) is 2. The van der Waals surface area contributed by atoms with Gasteiger partial charge in [0.15, 0.2) is 0 Å². The molecule has 1 heterocycles. The Balaban J connectivity index is 1.96. The molecule has 116 valence electrons. The van der Waals surface area contributed by atoms with Gasteiger partial charge in [0.25, 0.3) is 5.91 Å². The summed E-state index contributed by atoms with van der Waals surface area (Å²) in [6.45, 7) is 7.41. The van der Waals surface area contributed by atoms with E-state index >= 15 is 0 Å². The zero-order valence-electron chi connectivity index (χ0n) is 13.2. The summed E-state index contributed by atoms with van der Waals surface area (Å²) in [7, 11) is 0. The van der Waals surface area contributed by atoms with Gasteiger partial charge in [-0.2, -0.15) is 0 Å². The van der Waals surface area contributed by atoms with Crippen LogP contribution in [-0.4, -0.2) is 28.5 Å². The molecule has 0 radical (unpaired) electrons. The van der Waals surface area contributed by atoms with Crippen molar-refractivity contribution in [2.45, 2.75) is 52.5 Å². The topological polar surface area (TPSA) is 66.9 Å². The summed E-state index contributed by atoms with van der Waals surface area (Å²) in [4.78, 5) is 20.8. The Morgan fingerprint density at radius 1 is 1.33 bits per heavy atom. The van der Waals surface area contributed by atoms with Gasteiger partial charge in [-0.3, -0.25) is 9.78 Å². The Bertz CT molecular complexity index is 477. The smallest absolute Gasteiger partial charge is 0.271 e. The average Bonchev–Trinajstić information content (AvgIpc) is 2.48. The Kier molecular flexibility index (Phi) is 5.53. The third-order valence-electron chi connectivity index (χ3n) is 4.17. The van der Waals surface area contributed by atoms with E-state index in [1.165, 1.54) is 19.0 Å². The van der Waals surface area contributed by atoms with Gasteiger partial charge < -0.3 is 10.6 Å². The van der Waals surface area contributed by atoms with Crippen LogP contribution in [-0.2, 0) is 0 Å². The highest BCUT2D eigenvalue weighted by molar-refractivity contribution is 5.92. The fraction of sp³-hybridized carbons (Fsp3) is 0.688. The minimum Gasteiger partial charge on any atom is -0.369 e. The Morgan fingerprint density at radius 3 is 2.86 bits per heavy atom. The monoisotopic (exact) mass is 290 g/mol. The number of carbonyl (C=O) groups excluding carboxylic acids is 1. The highest BCUT2D eigenvalue weighted by atomic mass is 16.1. The Hall–Kier alpha value is -1.65. The van der Waals surface area contributed by atoms with E-state index in [0.717, 1.165) is 25.3 Å². The third kappa shape index (κ3) is 4.41. The first-order valence-corrected chi connectivity index (χ1v) is 7.97. The molecule has 0 bridgehead atoms. The quantitative estimate of drug-likeness (QED) is 0.875. The maximum absolute atomic E-state index is 12.3. The largest absolute Gasteiger partial charge is 0.369 e. The maximum atomic E-state index is 12.3. The van der Waals surface area contributed by atoms with E-state index in [9.17, 15) is 4.79 Å². The van der Waals surface area contributed by atoms with Gasteiger partial charge in [-0.15, -0.1) is 0 Å². The second kappa shape index (κ2) is 7.38. The van der Waals surface area contributed by atoms with Crippen molar-refractivity contribution >= 4 is 11.7 Å². The molecule has 2 N–H and O–H groups in total. The molecule has 1 aliphatic carbocycles. The van der Waals surface area contributed by atoms with Gasteiger partial charge >= 0.3 is 0 Å². The van der Waals surface area contributed by atoms with Crippen molar-refractivity contribution in [2.24, 2.45) is 11.8 Å². The molecule has 3 atom stereocenters. The number of anilines is 1. The Morgan fingerprint density at radius 2 is 2.14 bits per heavy atom. The van der Waals surface area contributed by atoms with Crippen LogP contribution in [0.4, 0.5) is 5.82 Å². The van der Waals surface area contributed by atoms with E-state index in [0.29, 0.717) is 17.4 Å². The standard InChI is InChI=1S/C16H26N4O/c1-4-7-18-15-10-17-9-14(19-15)16(21)20-13-6-5-11(2)8-12(13)3/h9-13H,4-8H2,1-3H3,(H,18,19)(H,20,21). The lowest BCUT2D eigenvalue weighted by Crippen LogP contribution is -2.42. The van der Waals surface area contributed by atoms with Gasteiger partial charge in [0.1, 0.15) is 11.5 Å². The molecular weight excluding hydrogens is 264 g/mol. The predicted molar refractivity (Wildman–Crippen MR) is 84.2 cm³/mol. The molecule has 2 rings (SSSR count). The number of hydrogen-bond acceptors (Lipinski definition) is 4. The molecule has 0 saturated heterocycles. The van der Waals surface area contributed by atoms with Crippen LogP contribution in [0.5, 0.6) is 0 Å². The van der Waals surface area contributed by atoms with Crippen molar-refractivity contribution in [3.05, 3.63) is 18.1 Å². The molecule has 1 saturated carbocycles. The van der Waals surface area contributed by atoms with Crippen molar-refractivity contribution in [2.75, 3.05) is 11.9 Å². The Labute approximate surface area is 127 Å². The van der Waals surface area contributed by atoms with Gasteiger partial charge in [0.2, 0.25) is 0 Å². The van der Waals surface area contributed by atoms with Crippen LogP contribution >= 0.6 is 0 Å². The minimum absolute atomic E-state index is 0.117. The molecule has 0 aromatic carbocycles. The summed E-state index contributed by atoms with van der Waals surface area (Å²) in [5, 5.41) is 6.27. The van der Waals surface area contributed by atoms with Gasteiger partial charge in [-0.05, 0) is 37.5 Å². The molecule has 1 fully saturated rings. The van der Waals surface area contributed by atoms with Crippen LogP contribution < -0.4 is 10.6 Å². The highest BCUT2D eigenvalue weighted by Gasteiger charge is 2.27. The SMILES string of the molecule is CCCNc1cncc(C(=O)NC2CCC(C)CC2C)n1. The molecule has 0 aliphatic heterocycles. The highest BCUT2D eigenvalue weighted by Crippen LogP contribution is 2.28. The normalized spacial score (nSPS) is 25.4. The zero-order valence-corrected chi connectivity index (χ0v) is 13.2. The van der Waals surface area contributed by atoms with E-state index in [1.807, 2.05) is 0 Å². The number of amides is 1. The minimum atomic E-state index is -0.117. The second-order valence-electron chi connectivity index (χ2n) is 6.19. The summed E-state index contributed by atoms with van der Waals surface area (Å²) in [5.74, 6) is 1.82. The van der Waals surface area contributed by atoms with Crippen molar-refractivity contribution in [1.29, 1.82) is 0 Å². The summed E-state index contributed by atoms with van der Waals surface area (Å²) in [6, 6.07) is 0.253. The molecule has 1 aromatic heterocycles. The van der Waals surface area contributed by atoms with Crippen LogP contribution in [0.3, 0.4) is 0 Å².